The Morgan fingerprint density at radius 1 is 1.44 bits per heavy atom. The van der Waals surface area contributed by atoms with Crippen LogP contribution in [-0.4, -0.2) is 26.1 Å². The normalized spacial score (nSPS) is 16.3. The largest absolute Gasteiger partial charge is 0.494 e. The van der Waals surface area contributed by atoms with Crippen molar-refractivity contribution in [3.8, 4) is 5.75 Å². The third kappa shape index (κ3) is 2.98. The lowest BCUT2D eigenvalue weighted by Crippen LogP contribution is -2.34. The number of hydrogen-bond acceptors (Lipinski definition) is 3. The zero-order valence-corrected chi connectivity index (χ0v) is 10.3. The Hall–Kier alpha value is -1.62. The van der Waals surface area contributed by atoms with E-state index in [-0.39, 0.29) is 17.6 Å². The second-order valence-corrected chi connectivity index (χ2v) is 4.36. The molecular weight excluding hydrogens is 235 g/mol. The number of halogens is 1. The molecule has 2 rings (SSSR count). The highest BCUT2D eigenvalue weighted by Crippen LogP contribution is 2.22. The summed E-state index contributed by atoms with van der Waals surface area (Å²) in [6, 6.07) is 4.32. The monoisotopic (exact) mass is 252 g/mol. The molecule has 0 radical (unpaired) electrons. The molecule has 18 heavy (non-hydrogen) atoms. The molecule has 1 aromatic rings. The molecule has 1 aromatic carbocycles. The summed E-state index contributed by atoms with van der Waals surface area (Å²) < 4.78 is 18.1. The Labute approximate surface area is 106 Å². The van der Waals surface area contributed by atoms with Gasteiger partial charge in [-0.3, -0.25) is 4.79 Å². The summed E-state index contributed by atoms with van der Waals surface area (Å²) in [6.45, 7) is 1.73. The van der Waals surface area contributed by atoms with Crippen molar-refractivity contribution in [3.05, 3.63) is 24.0 Å². The first kappa shape index (κ1) is 12.8. The van der Waals surface area contributed by atoms with Crippen molar-refractivity contribution >= 4 is 11.6 Å². The first-order chi connectivity index (χ1) is 8.70. The van der Waals surface area contributed by atoms with Crippen LogP contribution in [0.5, 0.6) is 5.75 Å². The summed E-state index contributed by atoms with van der Waals surface area (Å²) in [5, 5.41) is 6.01. The van der Waals surface area contributed by atoms with Gasteiger partial charge in [0.05, 0.1) is 7.11 Å². The fourth-order valence-corrected chi connectivity index (χ4v) is 2.07. The second kappa shape index (κ2) is 5.82. The number of hydrogen-bond donors (Lipinski definition) is 2. The Bertz CT molecular complexity index is 431. The number of anilines is 1. The number of nitrogens with one attached hydrogen (secondary N) is 2. The van der Waals surface area contributed by atoms with Crippen LogP contribution in [0.2, 0.25) is 0 Å². The van der Waals surface area contributed by atoms with E-state index in [0.29, 0.717) is 5.69 Å². The molecule has 1 heterocycles. The van der Waals surface area contributed by atoms with E-state index in [4.69, 9.17) is 4.74 Å². The van der Waals surface area contributed by atoms with Crippen molar-refractivity contribution in [1.29, 1.82) is 0 Å². The maximum Gasteiger partial charge on any atom is 0.227 e. The summed E-state index contributed by atoms with van der Waals surface area (Å²) in [5.74, 6) is -0.275. The first-order valence-corrected chi connectivity index (χ1v) is 6.06. The molecular formula is C13H17FN2O2. The predicted octanol–water partition coefficient (Wildman–Crippen LogP) is 1.77. The molecule has 0 aliphatic carbocycles. The van der Waals surface area contributed by atoms with Crippen LogP contribution < -0.4 is 15.4 Å². The van der Waals surface area contributed by atoms with Crippen LogP contribution in [0.15, 0.2) is 18.2 Å². The maximum absolute atomic E-state index is 13.2. The smallest absolute Gasteiger partial charge is 0.227 e. The standard InChI is InChI=1S/C13H17FN2O2/c1-18-12-8-10(2-3-11(12)14)16-13(17)9-4-6-15-7-5-9/h2-3,8-9,15H,4-7H2,1H3,(H,16,17). The molecule has 1 aliphatic rings. The Morgan fingerprint density at radius 2 is 2.17 bits per heavy atom. The summed E-state index contributed by atoms with van der Waals surface area (Å²) >= 11 is 0. The molecule has 0 atom stereocenters. The molecule has 1 fully saturated rings. The Balaban J connectivity index is 2.02. The van der Waals surface area contributed by atoms with Gasteiger partial charge in [0, 0.05) is 17.7 Å². The average Bonchev–Trinajstić information content (AvgIpc) is 2.42. The minimum Gasteiger partial charge on any atom is -0.494 e. The predicted molar refractivity (Wildman–Crippen MR) is 67.2 cm³/mol. The molecule has 1 amide bonds. The van der Waals surface area contributed by atoms with Crippen molar-refractivity contribution in [3.63, 3.8) is 0 Å². The quantitative estimate of drug-likeness (QED) is 0.862. The van der Waals surface area contributed by atoms with Gasteiger partial charge in [0.25, 0.3) is 0 Å². The van der Waals surface area contributed by atoms with Crippen molar-refractivity contribution < 1.29 is 13.9 Å². The summed E-state index contributed by atoms with van der Waals surface area (Å²) in [4.78, 5) is 12.0. The van der Waals surface area contributed by atoms with E-state index in [9.17, 15) is 9.18 Å². The maximum atomic E-state index is 13.2. The van der Waals surface area contributed by atoms with Gasteiger partial charge in [-0.15, -0.1) is 0 Å². The van der Waals surface area contributed by atoms with Gasteiger partial charge in [-0.25, -0.2) is 4.39 Å². The molecule has 98 valence electrons. The molecule has 5 heteroatoms. The van der Waals surface area contributed by atoms with E-state index in [2.05, 4.69) is 10.6 Å². The average molecular weight is 252 g/mol. The Kier molecular flexibility index (Phi) is 4.15. The fraction of sp³-hybridized carbons (Fsp3) is 0.462. The van der Waals surface area contributed by atoms with Gasteiger partial charge in [-0.2, -0.15) is 0 Å². The molecule has 0 spiro atoms. The molecule has 0 aromatic heterocycles. The fourth-order valence-electron chi connectivity index (χ4n) is 2.07. The molecule has 2 N–H and O–H groups in total. The lowest BCUT2D eigenvalue weighted by atomic mass is 9.97. The molecule has 1 saturated heterocycles. The van der Waals surface area contributed by atoms with Gasteiger partial charge in [-0.05, 0) is 38.1 Å². The van der Waals surface area contributed by atoms with Crippen LogP contribution >= 0.6 is 0 Å². The number of carbonyl (C=O) groups excluding carboxylic acids is 1. The number of carbonyl (C=O) groups is 1. The highest BCUT2D eigenvalue weighted by atomic mass is 19.1. The molecule has 0 bridgehead atoms. The number of ether oxygens (including phenoxy) is 1. The van der Waals surface area contributed by atoms with Crippen molar-refractivity contribution in [1.82, 2.24) is 5.32 Å². The molecule has 0 saturated carbocycles. The van der Waals surface area contributed by atoms with E-state index >= 15 is 0 Å². The van der Waals surface area contributed by atoms with Gasteiger partial charge in [0.15, 0.2) is 11.6 Å². The number of piperidine rings is 1. The van der Waals surface area contributed by atoms with E-state index in [1.54, 1.807) is 0 Å². The topological polar surface area (TPSA) is 50.4 Å². The lowest BCUT2D eigenvalue weighted by molar-refractivity contribution is -0.120. The van der Waals surface area contributed by atoms with Crippen molar-refractivity contribution in [2.24, 2.45) is 5.92 Å². The van der Waals surface area contributed by atoms with Crippen LogP contribution in [0.4, 0.5) is 10.1 Å². The third-order valence-electron chi connectivity index (χ3n) is 3.13. The lowest BCUT2D eigenvalue weighted by Gasteiger charge is -2.21. The summed E-state index contributed by atoms with van der Waals surface area (Å²) in [7, 11) is 1.40. The summed E-state index contributed by atoms with van der Waals surface area (Å²) in [6.07, 6.45) is 1.67. The van der Waals surface area contributed by atoms with Gasteiger partial charge >= 0.3 is 0 Å². The zero-order chi connectivity index (χ0) is 13.0. The number of benzene rings is 1. The number of methoxy groups -OCH3 is 1. The minimum atomic E-state index is -0.433. The molecule has 4 nitrogen and oxygen atoms in total. The van der Waals surface area contributed by atoms with Gasteiger partial charge in [-0.1, -0.05) is 0 Å². The van der Waals surface area contributed by atoms with Gasteiger partial charge < -0.3 is 15.4 Å². The zero-order valence-electron chi connectivity index (χ0n) is 10.3. The van der Waals surface area contributed by atoms with Crippen LogP contribution in [0.25, 0.3) is 0 Å². The number of amides is 1. The van der Waals surface area contributed by atoms with Crippen LogP contribution in [-0.2, 0) is 4.79 Å². The van der Waals surface area contributed by atoms with Crippen LogP contribution in [0, 0.1) is 11.7 Å². The van der Waals surface area contributed by atoms with E-state index in [0.717, 1.165) is 25.9 Å². The van der Waals surface area contributed by atoms with Crippen molar-refractivity contribution in [2.45, 2.75) is 12.8 Å². The number of rotatable bonds is 3. The highest BCUT2D eigenvalue weighted by molar-refractivity contribution is 5.92. The summed E-state index contributed by atoms with van der Waals surface area (Å²) in [5.41, 5.74) is 0.566. The molecule has 0 unspecified atom stereocenters. The van der Waals surface area contributed by atoms with Crippen molar-refractivity contribution in [2.75, 3.05) is 25.5 Å². The second-order valence-electron chi connectivity index (χ2n) is 4.36. The van der Waals surface area contributed by atoms with Crippen LogP contribution in [0.3, 0.4) is 0 Å². The van der Waals surface area contributed by atoms with E-state index < -0.39 is 5.82 Å². The van der Waals surface area contributed by atoms with E-state index in [1.807, 2.05) is 0 Å². The Morgan fingerprint density at radius 3 is 2.83 bits per heavy atom. The van der Waals surface area contributed by atoms with Gasteiger partial charge in [0.2, 0.25) is 5.91 Å². The SMILES string of the molecule is COc1cc(NC(=O)C2CCNCC2)ccc1F. The minimum absolute atomic E-state index is 0.00911. The highest BCUT2D eigenvalue weighted by Gasteiger charge is 2.21. The van der Waals surface area contributed by atoms with Gasteiger partial charge in [0.1, 0.15) is 0 Å². The van der Waals surface area contributed by atoms with Crippen LogP contribution in [0.1, 0.15) is 12.8 Å². The first-order valence-electron chi connectivity index (χ1n) is 6.06. The third-order valence-corrected chi connectivity index (χ3v) is 3.13. The van der Waals surface area contributed by atoms with E-state index in [1.165, 1.54) is 25.3 Å². The molecule has 1 aliphatic heterocycles.